The van der Waals surface area contributed by atoms with E-state index in [0.717, 1.165) is 22.6 Å². The topological polar surface area (TPSA) is 85.6 Å². The van der Waals surface area contributed by atoms with Crippen LogP contribution in [0.4, 0.5) is 0 Å². The van der Waals surface area contributed by atoms with Gasteiger partial charge in [-0.05, 0) is 36.4 Å². The Morgan fingerprint density at radius 1 is 1.10 bits per heavy atom. The SMILES string of the molecule is O=C(O)c1cc(-c2ccco2)nn1Cc1c(-c2ccc(Cl)cc2)nc2ccccn12. The van der Waals surface area contributed by atoms with Gasteiger partial charge in [0.25, 0.3) is 0 Å². The molecule has 0 saturated heterocycles. The fourth-order valence-electron chi connectivity index (χ4n) is 3.43. The lowest BCUT2D eigenvalue weighted by Crippen LogP contribution is -2.12. The highest BCUT2D eigenvalue weighted by molar-refractivity contribution is 6.30. The van der Waals surface area contributed by atoms with Crippen LogP contribution in [0, 0.1) is 0 Å². The molecule has 7 nitrogen and oxygen atoms in total. The van der Waals surface area contributed by atoms with E-state index in [1.807, 2.05) is 40.9 Å². The number of carboxylic acid groups (broad SMARTS) is 1. The van der Waals surface area contributed by atoms with Crippen LogP contribution in [-0.4, -0.2) is 30.2 Å². The molecule has 0 fully saturated rings. The van der Waals surface area contributed by atoms with Gasteiger partial charge >= 0.3 is 5.97 Å². The second-order valence-corrected chi connectivity index (χ2v) is 7.13. The lowest BCUT2D eigenvalue weighted by atomic mass is 10.1. The summed E-state index contributed by atoms with van der Waals surface area (Å²) in [6.07, 6.45) is 3.42. The monoisotopic (exact) mass is 418 g/mol. The van der Waals surface area contributed by atoms with Crippen molar-refractivity contribution in [1.82, 2.24) is 19.2 Å². The van der Waals surface area contributed by atoms with Gasteiger partial charge in [-0.2, -0.15) is 5.10 Å². The number of aromatic nitrogens is 4. The largest absolute Gasteiger partial charge is 0.477 e. The summed E-state index contributed by atoms with van der Waals surface area (Å²) < 4.78 is 8.77. The summed E-state index contributed by atoms with van der Waals surface area (Å²) in [6.45, 7) is 0.214. The van der Waals surface area contributed by atoms with Gasteiger partial charge in [0.2, 0.25) is 0 Å². The Kier molecular flexibility index (Phi) is 4.37. The van der Waals surface area contributed by atoms with Crippen LogP contribution in [0.25, 0.3) is 28.4 Å². The highest BCUT2D eigenvalue weighted by Gasteiger charge is 2.21. The van der Waals surface area contributed by atoms with Crippen molar-refractivity contribution in [3.8, 4) is 22.7 Å². The number of aromatic carboxylic acids is 1. The molecule has 8 heteroatoms. The van der Waals surface area contributed by atoms with Crippen molar-refractivity contribution >= 4 is 23.2 Å². The molecule has 0 aliphatic rings. The molecule has 148 valence electrons. The Labute approximate surface area is 175 Å². The summed E-state index contributed by atoms with van der Waals surface area (Å²) in [5.74, 6) is -0.561. The fourth-order valence-corrected chi connectivity index (χ4v) is 3.56. The van der Waals surface area contributed by atoms with Crippen LogP contribution in [0.1, 0.15) is 16.2 Å². The average Bonchev–Trinajstić information content (AvgIpc) is 3.48. The second kappa shape index (κ2) is 7.20. The zero-order valence-corrected chi connectivity index (χ0v) is 16.3. The van der Waals surface area contributed by atoms with Crippen molar-refractivity contribution < 1.29 is 14.3 Å². The van der Waals surface area contributed by atoms with Crippen LogP contribution in [0.5, 0.6) is 0 Å². The second-order valence-electron chi connectivity index (χ2n) is 6.70. The molecular formula is C22H15ClN4O3. The number of carbonyl (C=O) groups is 1. The number of halogens is 1. The van der Waals surface area contributed by atoms with Gasteiger partial charge in [0.05, 0.1) is 24.2 Å². The molecule has 4 heterocycles. The number of hydrogen-bond acceptors (Lipinski definition) is 4. The van der Waals surface area contributed by atoms with Gasteiger partial charge < -0.3 is 13.9 Å². The highest BCUT2D eigenvalue weighted by atomic mass is 35.5. The Hall–Kier alpha value is -3.84. The molecule has 0 atom stereocenters. The van der Waals surface area contributed by atoms with Crippen molar-refractivity contribution in [2.24, 2.45) is 0 Å². The molecule has 5 rings (SSSR count). The summed E-state index contributed by atoms with van der Waals surface area (Å²) >= 11 is 6.04. The molecule has 0 saturated carbocycles. The van der Waals surface area contributed by atoms with E-state index in [1.165, 1.54) is 17.0 Å². The number of benzene rings is 1. The normalized spacial score (nSPS) is 11.2. The summed E-state index contributed by atoms with van der Waals surface area (Å²) in [4.78, 5) is 16.6. The minimum absolute atomic E-state index is 0.0642. The molecule has 1 N–H and O–H groups in total. The van der Waals surface area contributed by atoms with Crippen molar-refractivity contribution in [2.75, 3.05) is 0 Å². The maximum Gasteiger partial charge on any atom is 0.354 e. The van der Waals surface area contributed by atoms with E-state index in [4.69, 9.17) is 21.0 Å². The van der Waals surface area contributed by atoms with E-state index in [2.05, 4.69) is 5.10 Å². The van der Waals surface area contributed by atoms with Gasteiger partial charge in [-0.25, -0.2) is 9.78 Å². The van der Waals surface area contributed by atoms with Crippen LogP contribution < -0.4 is 0 Å². The van der Waals surface area contributed by atoms with Crippen molar-refractivity contribution in [2.45, 2.75) is 6.54 Å². The van der Waals surface area contributed by atoms with Gasteiger partial charge in [0, 0.05) is 22.8 Å². The quantitative estimate of drug-likeness (QED) is 0.440. The molecule has 0 spiro atoms. The molecule has 0 amide bonds. The third-order valence-corrected chi connectivity index (χ3v) is 5.07. The Morgan fingerprint density at radius 3 is 2.67 bits per heavy atom. The zero-order chi connectivity index (χ0) is 20.7. The highest BCUT2D eigenvalue weighted by Crippen LogP contribution is 2.28. The van der Waals surface area contributed by atoms with Crippen LogP contribution >= 0.6 is 11.6 Å². The third kappa shape index (κ3) is 3.15. The van der Waals surface area contributed by atoms with Gasteiger partial charge in [-0.3, -0.25) is 4.68 Å². The first-order valence-electron chi connectivity index (χ1n) is 9.17. The molecule has 5 aromatic rings. The minimum Gasteiger partial charge on any atom is -0.477 e. The number of pyridine rings is 1. The summed E-state index contributed by atoms with van der Waals surface area (Å²) in [5, 5.41) is 14.8. The Morgan fingerprint density at radius 2 is 1.93 bits per heavy atom. The van der Waals surface area contributed by atoms with E-state index in [0.29, 0.717) is 16.5 Å². The van der Waals surface area contributed by atoms with Gasteiger partial charge in [-0.15, -0.1) is 0 Å². The molecular weight excluding hydrogens is 404 g/mol. The molecule has 1 aromatic carbocycles. The average molecular weight is 419 g/mol. The van der Waals surface area contributed by atoms with Gasteiger partial charge in [-0.1, -0.05) is 29.8 Å². The number of fused-ring (bicyclic) bond motifs is 1. The zero-order valence-electron chi connectivity index (χ0n) is 15.6. The minimum atomic E-state index is -1.07. The summed E-state index contributed by atoms with van der Waals surface area (Å²) in [6, 6.07) is 18.1. The number of imidazole rings is 1. The first kappa shape index (κ1) is 18.2. The number of nitrogens with zero attached hydrogens (tertiary/aromatic N) is 4. The molecule has 0 radical (unpaired) electrons. The maximum absolute atomic E-state index is 11.9. The van der Waals surface area contributed by atoms with Crippen LogP contribution in [0.15, 0.2) is 77.5 Å². The van der Waals surface area contributed by atoms with Crippen molar-refractivity contribution in [3.05, 3.63) is 89.5 Å². The lowest BCUT2D eigenvalue weighted by Gasteiger charge is -2.08. The standard InChI is InChI=1S/C22H15ClN4O3/c23-15-8-6-14(7-9-15)21-18(26-10-2-1-5-20(26)24-21)13-27-17(22(28)29)12-16(25-27)19-4-3-11-30-19/h1-12H,13H2,(H,28,29). The number of carboxylic acids is 1. The predicted octanol–water partition coefficient (Wildman–Crippen LogP) is 4.86. The first-order chi connectivity index (χ1) is 14.6. The van der Waals surface area contributed by atoms with E-state index in [9.17, 15) is 9.90 Å². The van der Waals surface area contributed by atoms with Crippen LogP contribution in [0.3, 0.4) is 0 Å². The smallest absolute Gasteiger partial charge is 0.354 e. The Balaban J connectivity index is 1.66. The molecule has 4 aromatic heterocycles. The van der Waals surface area contributed by atoms with E-state index >= 15 is 0 Å². The molecule has 0 unspecified atom stereocenters. The molecule has 30 heavy (non-hydrogen) atoms. The van der Waals surface area contributed by atoms with Crippen LogP contribution in [0.2, 0.25) is 5.02 Å². The van der Waals surface area contributed by atoms with E-state index in [1.54, 1.807) is 24.3 Å². The van der Waals surface area contributed by atoms with Crippen molar-refractivity contribution in [1.29, 1.82) is 0 Å². The number of rotatable bonds is 5. The molecule has 0 aliphatic carbocycles. The summed E-state index contributed by atoms with van der Waals surface area (Å²) in [7, 11) is 0. The van der Waals surface area contributed by atoms with Gasteiger partial charge in [0.1, 0.15) is 17.0 Å². The van der Waals surface area contributed by atoms with Gasteiger partial charge in [0.15, 0.2) is 5.76 Å². The summed E-state index contributed by atoms with van der Waals surface area (Å²) in [5.41, 5.74) is 3.71. The first-order valence-corrected chi connectivity index (χ1v) is 9.55. The third-order valence-electron chi connectivity index (χ3n) is 4.82. The van der Waals surface area contributed by atoms with E-state index in [-0.39, 0.29) is 12.2 Å². The van der Waals surface area contributed by atoms with Crippen molar-refractivity contribution in [3.63, 3.8) is 0 Å². The predicted molar refractivity (Wildman–Crippen MR) is 112 cm³/mol. The Bertz CT molecular complexity index is 1350. The van der Waals surface area contributed by atoms with E-state index < -0.39 is 5.97 Å². The fraction of sp³-hybridized carbons (Fsp3) is 0.0455. The number of hydrogen-bond donors (Lipinski definition) is 1. The lowest BCUT2D eigenvalue weighted by molar-refractivity contribution is 0.0684. The number of furan rings is 1. The maximum atomic E-state index is 11.9. The molecule has 0 bridgehead atoms. The van der Waals surface area contributed by atoms with Crippen LogP contribution in [-0.2, 0) is 6.54 Å². The molecule has 0 aliphatic heterocycles.